The second-order valence-corrected chi connectivity index (χ2v) is 5.50. The molecule has 0 saturated heterocycles. The van der Waals surface area contributed by atoms with E-state index in [1.165, 1.54) is 24.3 Å². The first-order valence-electron chi connectivity index (χ1n) is 7.50. The zero-order valence-electron chi connectivity index (χ0n) is 13.0. The van der Waals surface area contributed by atoms with Gasteiger partial charge in [0.15, 0.2) is 0 Å². The van der Waals surface area contributed by atoms with Gasteiger partial charge >= 0.3 is 11.9 Å². The molecule has 22 heavy (non-hydrogen) atoms. The van der Waals surface area contributed by atoms with Gasteiger partial charge in [0.2, 0.25) is 0 Å². The maximum atomic E-state index is 11.6. The van der Waals surface area contributed by atoms with Crippen LogP contribution in [0.1, 0.15) is 39.5 Å². The molecule has 1 aliphatic rings. The summed E-state index contributed by atoms with van der Waals surface area (Å²) in [5, 5.41) is 19.5. The molecule has 1 rings (SSSR count). The van der Waals surface area contributed by atoms with Crippen molar-refractivity contribution in [2.24, 2.45) is 0 Å². The molecule has 2 N–H and O–H groups in total. The smallest absolute Gasteiger partial charge is 0.330 e. The largest absolute Gasteiger partial charge is 0.460 e. The number of ether oxygens (including phenoxy) is 2. The Balaban J connectivity index is 2.70. The fraction of sp³-hybridized carbons (Fsp3) is 0.625. The lowest BCUT2D eigenvalue weighted by Gasteiger charge is -2.15. The Labute approximate surface area is 130 Å². The van der Waals surface area contributed by atoms with Crippen molar-refractivity contribution in [3.05, 3.63) is 24.3 Å². The third-order valence-electron chi connectivity index (χ3n) is 3.28. The molecule has 1 aliphatic heterocycles. The average molecular weight is 312 g/mol. The van der Waals surface area contributed by atoms with Crippen molar-refractivity contribution in [1.82, 2.24) is 0 Å². The van der Waals surface area contributed by atoms with Crippen molar-refractivity contribution in [1.29, 1.82) is 0 Å². The van der Waals surface area contributed by atoms with Gasteiger partial charge in [-0.25, -0.2) is 9.59 Å². The van der Waals surface area contributed by atoms with E-state index in [0.29, 0.717) is 25.7 Å². The number of hydrogen-bond donors (Lipinski definition) is 2. The molecule has 0 radical (unpaired) electrons. The van der Waals surface area contributed by atoms with Crippen LogP contribution in [0.15, 0.2) is 24.3 Å². The van der Waals surface area contributed by atoms with E-state index in [1.54, 1.807) is 13.8 Å². The van der Waals surface area contributed by atoms with E-state index < -0.39 is 24.1 Å². The fourth-order valence-electron chi connectivity index (χ4n) is 1.98. The van der Waals surface area contributed by atoms with E-state index in [-0.39, 0.29) is 12.2 Å². The average Bonchev–Trinajstić information content (AvgIpc) is 2.46. The molecule has 0 aliphatic carbocycles. The first-order valence-corrected chi connectivity index (χ1v) is 7.50. The van der Waals surface area contributed by atoms with Gasteiger partial charge in [0, 0.05) is 12.2 Å². The summed E-state index contributed by atoms with van der Waals surface area (Å²) >= 11 is 0. The molecule has 0 spiro atoms. The minimum absolute atomic E-state index is 0.361. The number of aliphatic hydroxyl groups excluding tert-OH is 2. The highest BCUT2D eigenvalue weighted by molar-refractivity contribution is 5.82. The van der Waals surface area contributed by atoms with E-state index in [1.807, 2.05) is 0 Å². The third-order valence-corrected chi connectivity index (χ3v) is 3.28. The van der Waals surface area contributed by atoms with Gasteiger partial charge in [0.25, 0.3) is 0 Å². The molecule has 4 atom stereocenters. The fourth-order valence-corrected chi connectivity index (χ4v) is 1.98. The normalized spacial score (nSPS) is 35.3. The quantitative estimate of drug-likeness (QED) is 0.654. The highest BCUT2D eigenvalue weighted by Crippen LogP contribution is 2.10. The Hall–Kier alpha value is -1.66. The van der Waals surface area contributed by atoms with Crippen LogP contribution in [0.5, 0.6) is 0 Å². The topological polar surface area (TPSA) is 93.1 Å². The van der Waals surface area contributed by atoms with Gasteiger partial charge in [-0.2, -0.15) is 0 Å². The molecule has 0 fully saturated rings. The Morgan fingerprint density at radius 2 is 1.18 bits per heavy atom. The minimum Gasteiger partial charge on any atom is -0.460 e. The second-order valence-electron chi connectivity index (χ2n) is 5.50. The molecule has 124 valence electrons. The second kappa shape index (κ2) is 9.38. The number of carbonyl (C=O) groups is 2. The molecule has 0 aromatic rings. The molecule has 0 unspecified atom stereocenters. The molecular weight excluding hydrogens is 288 g/mol. The number of esters is 2. The number of cyclic esters (lactones) is 2. The Bertz CT molecular complexity index is 388. The standard InChI is InChI=1S/C16H24O6/c1-11-3-5-13(17)8-10-16(20)22-12(2)4-6-14(18)7-9-15(19)21-11/h7-14,17-18H,3-6H2,1-2H3/b9-7-,10-8+/t11-,12+,13-,14+/m0/s1. The third kappa shape index (κ3) is 7.95. The van der Waals surface area contributed by atoms with Crippen molar-refractivity contribution in [3.63, 3.8) is 0 Å². The molecular formula is C16H24O6. The van der Waals surface area contributed by atoms with Gasteiger partial charge in [-0.1, -0.05) is 0 Å². The Morgan fingerprint density at radius 1 is 0.818 bits per heavy atom. The molecule has 6 heteroatoms. The van der Waals surface area contributed by atoms with Crippen molar-refractivity contribution in [2.45, 2.75) is 63.9 Å². The van der Waals surface area contributed by atoms with Crippen LogP contribution in [0.2, 0.25) is 0 Å². The molecule has 0 amide bonds. The van der Waals surface area contributed by atoms with Crippen LogP contribution in [0, 0.1) is 0 Å². The van der Waals surface area contributed by atoms with Crippen molar-refractivity contribution < 1.29 is 29.3 Å². The van der Waals surface area contributed by atoms with Gasteiger partial charge in [-0.15, -0.1) is 0 Å². The van der Waals surface area contributed by atoms with Crippen LogP contribution in [0.4, 0.5) is 0 Å². The van der Waals surface area contributed by atoms with Gasteiger partial charge in [0.05, 0.1) is 24.4 Å². The van der Waals surface area contributed by atoms with Crippen molar-refractivity contribution >= 4 is 11.9 Å². The summed E-state index contributed by atoms with van der Waals surface area (Å²) in [6, 6.07) is 0. The number of aliphatic hydroxyl groups is 2. The molecule has 0 saturated carbocycles. The first-order chi connectivity index (χ1) is 10.4. The molecule has 0 bridgehead atoms. The maximum absolute atomic E-state index is 11.6. The Kier molecular flexibility index (Phi) is 7.84. The van der Waals surface area contributed by atoms with E-state index in [0.717, 1.165) is 0 Å². The summed E-state index contributed by atoms with van der Waals surface area (Å²) in [5.74, 6) is -1.05. The maximum Gasteiger partial charge on any atom is 0.330 e. The number of carbonyl (C=O) groups excluding carboxylic acids is 2. The zero-order chi connectivity index (χ0) is 16.5. The van der Waals surface area contributed by atoms with Crippen LogP contribution < -0.4 is 0 Å². The summed E-state index contributed by atoms with van der Waals surface area (Å²) in [4.78, 5) is 23.1. The van der Waals surface area contributed by atoms with Crippen LogP contribution in [-0.4, -0.2) is 46.6 Å². The summed E-state index contributed by atoms with van der Waals surface area (Å²) in [6.45, 7) is 3.44. The van der Waals surface area contributed by atoms with Gasteiger partial charge in [-0.3, -0.25) is 0 Å². The Morgan fingerprint density at radius 3 is 1.55 bits per heavy atom. The van der Waals surface area contributed by atoms with Crippen LogP contribution >= 0.6 is 0 Å². The molecule has 0 aromatic carbocycles. The van der Waals surface area contributed by atoms with Gasteiger partial charge < -0.3 is 19.7 Å². The minimum atomic E-state index is -0.797. The van der Waals surface area contributed by atoms with Crippen LogP contribution in [-0.2, 0) is 19.1 Å². The highest BCUT2D eigenvalue weighted by atomic mass is 16.5. The van der Waals surface area contributed by atoms with E-state index >= 15 is 0 Å². The summed E-state index contributed by atoms with van der Waals surface area (Å²) < 4.78 is 10.3. The molecule has 6 nitrogen and oxygen atoms in total. The van der Waals surface area contributed by atoms with E-state index in [9.17, 15) is 19.8 Å². The lowest BCUT2D eigenvalue weighted by atomic mass is 10.1. The van der Waals surface area contributed by atoms with Crippen LogP contribution in [0.3, 0.4) is 0 Å². The summed E-state index contributed by atoms with van der Waals surface area (Å²) in [5.41, 5.74) is 0. The SMILES string of the molecule is C[C@@H]1CC[C@@H](O)/C=C\C(=O)O[C@@H](C)CC[C@H](O)/C=C/C(=O)O1. The predicted molar refractivity (Wildman–Crippen MR) is 79.9 cm³/mol. The summed E-state index contributed by atoms with van der Waals surface area (Å²) in [7, 11) is 0. The van der Waals surface area contributed by atoms with Crippen LogP contribution in [0.25, 0.3) is 0 Å². The summed E-state index contributed by atoms with van der Waals surface area (Å²) in [6.07, 6.45) is 4.44. The van der Waals surface area contributed by atoms with E-state index in [4.69, 9.17) is 9.47 Å². The first kappa shape index (κ1) is 18.4. The zero-order valence-corrected chi connectivity index (χ0v) is 13.0. The lowest BCUT2D eigenvalue weighted by Crippen LogP contribution is -2.18. The number of hydrogen-bond acceptors (Lipinski definition) is 6. The molecule has 1 heterocycles. The van der Waals surface area contributed by atoms with Gasteiger partial charge in [0.1, 0.15) is 0 Å². The highest BCUT2D eigenvalue weighted by Gasteiger charge is 2.13. The van der Waals surface area contributed by atoms with E-state index in [2.05, 4.69) is 0 Å². The van der Waals surface area contributed by atoms with Crippen molar-refractivity contribution in [2.75, 3.05) is 0 Å². The lowest BCUT2D eigenvalue weighted by molar-refractivity contribution is -0.143. The predicted octanol–water partition coefficient (Wildman–Crippen LogP) is 1.26. The van der Waals surface area contributed by atoms with Gasteiger partial charge in [-0.05, 0) is 51.7 Å². The van der Waals surface area contributed by atoms with Crippen molar-refractivity contribution in [3.8, 4) is 0 Å². The monoisotopic (exact) mass is 312 g/mol. The molecule has 0 aromatic heterocycles. The number of rotatable bonds is 0.